The summed E-state index contributed by atoms with van der Waals surface area (Å²) < 4.78 is 6.00. The Morgan fingerprint density at radius 3 is 2.71 bits per heavy atom. The third-order valence-corrected chi connectivity index (χ3v) is 2.98. The van der Waals surface area contributed by atoms with E-state index in [1.807, 2.05) is 18.2 Å². The zero-order chi connectivity index (χ0) is 13.1. The molecule has 1 aromatic rings. The molecule has 0 saturated carbocycles. The number of halogens is 1. The van der Waals surface area contributed by atoms with Gasteiger partial charge >= 0.3 is 0 Å². The van der Waals surface area contributed by atoms with Crippen molar-refractivity contribution in [3.8, 4) is 0 Å². The number of benzene rings is 1. The van der Waals surface area contributed by atoms with Crippen molar-refractivity contribution in [3.05, 3.63) is 28.2 Å². The zero-order valence-electron chi connectivity index (χ0n) is 10.2. The van der Waals surface area contributed by atoms with Crippen LogP contribution in [0.3, 0.4) is 0 Å². The first-order chi connectivity index (χ1) is 7.86. The second kappa shape index (κ2) is 5.62. The molecule has 1 rings (SSSR count). The third kappa shape index (κ3) is 3.80. The fraction of sp³-hybridized carbons (Fsp3) is 0.417. The second-order valence-corrected chi connectivity index (χ2v) is 5.23. The minimum absolute atomic E-state index is 0.229. The molecule has 0 fully saturated rings. The highest BCUT2D eigenvalue weighted by Gasteiger charge is 2.22. The molecular weight excluding hydrogens is 284 g/mol. The fourth-order valence-corrected chi connectivity index (χ4v) is 1.73. The molecule has 0 unspecified atom stereocenters. The highest BCUT2D eigenvalue weighted by Crippen LogP contribution is 2.26. The average molecular weight is 301 g/mol. The van der Waals surface area contributed by atoms with Gasteiger partial charge in [0.05, 0.1) is 12.1 Å². The van der Waals surface area contributed by atoms with Crippen LogP contribution < -0.4 is 11.1 Å². The molecule has 0 heterocycles. The van der Waals surface area contributed by atoms with Gasteiger partial charge in [0.25, 0.3) is 0 Å². The van der Waals surface area contributed by atoms with Gasteiger partial charge in [-0.25, -0.2) is 0 Å². The van der Waals surface area contributed by atoms with Crippen LogP contribution >= 0.6 is 15.9 Å². The van der Waals surface area contributed by atoms with Gasteiger partial charge in [-0.3, -0.25) is 4.79 Å². The Bertz CT molecular complexity index is 413. The molecule has 0 aliphatic heterocycles. The van der Waals surface area contributed by atoms with Gasteiger partial charge in [0.15, 0.2) is 0 Å². The number of carbonyl (C=O) groups excluding carboxylic acids is 1. The number of rotatable bonds is 4. The molecular formula is C12H17BrN2O2. The summed E-state index contributed by atoms with van der Waals surface area (Å²) in [6.45, 7) is 3.74. The smallest absolute Gasteiger partial charge is 0.243 e. The summed E-state index contributed by atoms with van der Waals surface area (Å²) >= 11 is 3.43. The fourth-order valence-electron chi connectivity index (χ4n) is 1.25. The number of ether oxygens (including phenoxy) is 1. The number of anilines is 1. The Labute approximate surface area is 110 Å². The Balaban J connectivity index is 2.98. The molecule has 5 heteroatoms. The van der Waals surface area contributed by atoms with Crippen LogP contribution in [0.1, 0.15) is 19.4 Å². The van der Waals surface area contributed by atoms with E-state index in [0.29, 0.717) is 12.3 Å². The van der Waals surface area contributed by atoms with Crippen molar-refractivity contribution in [2.75, 3.05) is 12.4 Å². The van der Waals surface area contributed by atoms with Crippen LogP contribution in [0.15, 0.2) is 22.7 Å². The molecule has 0 spiro atoms. The number of hydrogen-bond acceptors (Lipinski definition) is 3. The van der Waals surface area contributed by atoms with Crippen molar-refractivity contribution in [3.63, 3.8) is 0 Å². The summed E-state index contributed by atoms with van der Waals surface area (Å²) in [6.07, 6.45) is 0. The van der Waals surface area contributed by atoms with Gasteiger partial charge in [0.1, 0.15) is 0 Å². The molecule has 0 aliphatic carbocycles. The molecule has 0 aliphatic rings. The van der Waals surface area contributed by atoms with Crippen LogP contribution in [0.2, 0.25) is 0 Å². The van der Waals surface area contributed by atoms with Crippen LogP contribution in [0.5, 0.6) is 0 Å². The third-order valence-electron chi connectivity index (χ3n) is 2.24. The van der Waals surface area contributed by atoms with E-state index in [0.717, 1.165) is 10.0 Å². The van der Waals surface area contributed by atoms with Crippen molar-refractivity contribution in [1.29, 1.82) is 0 Å². The summed E-state index contributed by atoms with van der Waals surface area (Å²) in [4.78, 5) is 11.8. The quantitative estimate of drug-likeness (QED) is 0.896. The number of hydrogen-bond donors (Lipinski definition) is 2. The van der Waals surface area contributed by atoms with Gasteiger partial charge < -0.3 is 15.8 Å². The lowest BCUT2D eigenvalue weighted by Crippen LogP contribution is -2.45. The van der Waals surface area contributed by atoms with E-state index in [-0.39, 0.29) is 5.91 Å². The van der Waals surface area contributed by atoms with E-state index in [1.165, 1.54) is 0 Å². The van der Waals surface area contributed by atoms with Crippen molar-refractivity contribution in [1.82, 2.24) is 0 Å². The van der Waals surface area contributed by atoms with Crippen molar-refractivity contribution >= 4 is 27.5 Å². The lowest BCUT2D eigenvalue weighted by Gasteiger charge is -2.19. The van der Waals surface area contributed by atoms with E-state index in [1.54, 1.807) is 21.0 Å². The first kappa shape index (κ1) is 14.2. The molecule has 17 heavy (non-hydrogen) atoms. The van der Waals surface area contributed by atoms with E-state index in [2.05, 4.69) is 21.2 Å². The highest BCUT2D eigenvalue weighted by atomic mass is 79.9. The predicted octanol–water partition coefficient (Wildman–Crippen LogP) is 2.27. The van der Waals surface area contributed by atoms with Gasteiger partial charge in [-0.05, 0) is 26.0 Å². The Hall–Kier alpha value is -0.910. The number of nitrogens with one attached hydrogen (secondary N) is 1. The molecule has 0 saturated heterocycles. The van der Waals surface area contributed by atoms with Crippen molar-refractivity contribution < 1.29 is 9.53 Å². The van der Waals surface area contributed by atoms with Gasteiger partial charge in [-0.2, -0.15) is 0 Å². The molecule has 4 nitrogen and oxygen atoms in total. The van der Waals surface area contributed by atoms with Gasteiger partial charge in [-0.15, -0.1) is 0 Å². The van der Waals surface area contributed by atoms with Crippen LogP contribution in [0.4, 0.5) is 5.69 Å². The minimum Gasteiger partial charge on any atom is -0.380 e. The molecule has 0 radical (unpaired) electrons. The Morgan fingerprint density at radius 1 is 1.53 bits per heavy atom. The average Bonchev–Trinajstić information content (AvgIpc) is 2.21. The van der Waals surface area contributed by atoms with Crippen molar-refractivity contribution in [2.45, 2.75) is 26.0 Å². The molecule has 0 atom stereocenters. The minimum atomic E-state index is -0.910. The summed E-state index contributed by atoms with van der Waals surface area (Å²) in [5.74, 6) is -0.229. The van der Waals surface area contributed by atoms with Crippen LogP contribution in [0.25, 0.3) is 0 Å². The summed E-state index contributed by atoms with van der Waals surface area (Å²) in [6, 6.07) is 5.57. The number of amides is 1. The van der Waals surface area contributed by atoms with Gasteiger partial charge in [-0.1, -0.05) is 22.0 Å². The van der Waals surface area contributed by atoms with Crippen LogP contribution in [-0.4, -0.2) is 18.6 Å². The monoisotopic (exact) mass is 300 g/mol. The Kier molecular flexibility index (Phi) is 4.68. The highest BCUT2D eigenvalue weighted by molar-refractivity contribution is 9.10. The summed E-state index contributed by atoms with van der Waals surface area (Å²) in [5.41, 5.74) is 6.43. The maximum Gasteiger partial charge on any atom is 0.243 e. The Morgan fingerprint density at radius 2 is 2.18 bits per heavy atom. The van der Waals surface area contributed by atoms with E-state index < -0.39 is 5.54 Å². The number of methoxy groups -OCH3 is 1. The zero-order valence-corrected chi connectivity index (χ0v) is 11.8. The molecule has 0 aromatic heterocycles. The van der Waals surface area contributed by atoms with Crippen molar-refractivity contribution in [2.24, 2.45) is 5.73 Å². The summed E-state index contributed by atoms with van der Waals surface area (Å²) in [7, 11) is 1.61. The maximum atomic E-state index is 11.8. The second-order valence-electron chi connectivity index (χ2n) is 4.37. The molecule has 94 valence electrons. The molecule has 1 amide bonds. The largest absolute Gasteiger partial charge is 0.380 e. The standard InChI is InChI=1S/C12H17BrN2O2/c1-12(2,14)11(16)15-10-6-4-5-9(13)8(10)7-17-3/h4-6H,7,14H2,1-3H3,(H,15,16). The van der Waals surface area contributed by atoms with Gasteiger partial charge in [0, 0.05) is 22.8 Å². The maximum absolute atomic E-state index is 11.8. The van der Waals surface area contributed by atoms with E-state index in [9.17, 15) is 4.79 Å². The predicted molar refractivity (Wildman–Crippen MR) is 71.8 cm³/mol. The van der Waals surface area contributed by atoms with Gasteiger partial charge in [0.2, 0.25) is 5.91 Å². The topological polar surface area (TPSA) is 64.3 Å². The van der Waals surface area contributed by atoms with Crippen LogP contribution in [0, 0.1) is 0 Å². The lowest BCUT2D eigenvalue weighted by atomic mass is 10.1. The first-order valence-electron chi connectivity index (χ1n) is 5.23. The lowest BCUT2D eigenvalue weighted by molar-refractivity contribution is -0.120. The van der Waals surface area contributed by atoms with E-state index in [4.69, 9.17) is 10.5 Å². The SMILES string of the molecule is COCc1c(Br)cccc1NC(=O)C(C)(C)N. The first-order valence-corrected chi connectivity index (χ1v) is 6.02. The number of carbonyl (C=O) groups is 1. The normalized spacial score (nSPS) is 11.4. The van der Waals surface area contributed by atoms with Crippen LogP contribution in [-0.2, 0) is 16.1 Å². The molecule has 3 N–H and O–H groups in total. The van der Waals surface area contributed by atoms with E-state index >= 15 is 0 Å². The molecule has 1 aromatic carbocycles. The summed E-state index contributed by atoms with van der Waals surface area (Å²) in [5, 5.41) is 2.80. The molecule has 0 bridgehead atoms. The number of nitrogens with two attached hydrogens (primary N) is 1.